The number of nitrogens with one attached hydrogen (secondary N) is 1. The number of carbonyl (C=O) groups excluding carboxylic acids is 1. The Bertz CT molecular complexity index is 605. The Morgan fingerprint density at radius 3 is 3.20 bits per heavy atom. The minimum Gasteiger partial charge on any atom is -0.333 e. The molecule has 106 valence electrons. The first-order valence-corrected chi connectivity index (χ1v) is 7.66. The number of hydrogen-bond acceptors (Lipinski definition) is 4. The van der Waals surface area contributed by atoms with E-state index in [1.807, 2.05) is 0 Å². The van der Waals surface area contributed by atoms with Gasteiger partial charge in [0.2, 0.25) is 0 Å². The Kier molecular flexibility index (Phi) is 3.56. The zero-order chi connectivity index (χ0) is 14.1. The lowest BCUT2D eigenvalue weighted by atomic mass is 9.90. The average Bonchev–Trinajstić information content (AvgIpc) is 3.06. The lowest BCUT2D eigenvalue weighted by Crippen LogP contribution is -2.26. The van der Waals surface area contributed by atoms with Crippen molar-refractivity contribution in [3.8, 4) is 0 Å². The molecule has 0 saturated carbocycles. The Labute approximate surface area is 122 Å². The molecule has 2 heterocycles. The van der Waals surface area contributed by atoms with E-state index in [0.29, 0.717) is 12.4 Å². The molecular formula is C14H18N4OS. The summed E-state index contributed by atoms with van der Waals surface area (Å²) in [5.41, 5.74) is 1.37. The van der Waals surface area contributed by atoms with Crippen LogP contribution in [0.1, 0.15) is 39.3 Å². The van der Waals surface area contributed by atoms with E-state index >= 15 is 0 Å². The van der Waals surface area contributed by atoms with Gasteiger partial charge in [0.25, 0.3) is 5.91 Å². The zero-order valence-electron chi connectivity index (χ0n) is 11.7. The van der Waals surface area contributed by atoms with Crippen LogP contribution in [0.25, 0.3) is 0 Å². The van der Waals surface area contributed by atoms with Gasteiger partial charge in [0.05, 0.1) is 11.4 Å². The number of amides is 1. The number of aromatic amines is 1. The van der Waals surface area contributed by atoms with Crippen molar-refractivity contribution in [1.29, 1.82) is 0 Å². The van der Waals surface area contributed by atoms with E-state index in [1.165, 1.54) is 23.2 Å². The van der Waals surface area contributed by atoms with Crippen molar-refractivity contribution in [3.05, 3.63) is 33.5 Å². The smallest absolute Gasteiger partial charge is 0.264 e. The molecule has 2 aromatic heterocycles. The van der Waals surface area contributed by atoms with E-state index in [0.717, 1.165) is 23.6 Å². The Balaban J connectivity index is 1.74. The summed E-state index contributed by atoms with van der Waals surface area (Å²) in [7, 11) is 1.80. The molecule has 0 spiro atoms. The molecule has 1 unspecified atom stereocenters. The second kappa shape index (κ2) is 5.36. The van der Waals surface area contributed by atoms with Crippen LogP contribution >= 0.6 is 11.3 Å². The molecule has 0 aromatic carbocycles. The van der Waals surface area contributed by atoms with E-state index in [2.05, 4.69) is 28.2 Å². The topological polar surface area (TPSA) is 61.9 Å². The van der Waals surface area contributed by atoms with E-state index in [4.69, 9.17) is 0 Å². The van der Waals surface area contributed by atoms with Crippen molar-refractivity contribution < 1.29 is 4.79 Å². The lowest BCUT2D eigenvalue weighted by Gasteiger charge is -2.16. The SMILES string of the molecule is CC1CCc2sc(C(=O)N(C)Cc3ncn[nH]3)cc2C1. The molecule has 0 saturated heterocycles. The van der Waals surface area contributed by atoms with Gasteiger partial charge in [-0.25, -0.2) is 4.98 Å². The van der Waals surface area contributed by atoms with Crippen LogP contribution in [0.4, 0.5) is 0 Å². The second-order valence-corrected chi connectivity index (χ2v) is 6.64. The molecule has 0 radical (unpaired) electrons. The van der Waals surface area contributed by atoms with Gasteiger partial charge in [-0.3, -0.25) is 9.89 Å². The molecule has 20 heavy (non-hydrogen) atoms. The highest BCUT2D eigenvalue weighted by Gasteiger charge is 2.22. The maximum absolute atomic E-state index is 12.4. The minimum atomic E-state index is 0.0634. The summed E-state index contributed by atoms with van der Waals surface area (Å²) < 4.78 is 0. The first-order valence-electron chi connectivity index (χ1n) is 6.84. The third-order valence-corrected chi connectivity index (χ3v) is 4.96. The second-order valence-electron chi connectivity index (χ2n) is 5.50. The predicted octanol–water partition coefficient (Wildman–Crippen LogP) is 2.26. The van der Waals surface area contributed by atoms with Gasteiger partial charge in [0, 0.05) is 11.9 Å². The van der Waals surface area contributed by atoms with Crippen LogP contribution in [0.3, 0.4) is 0 Å². The van der Waals surface area contributed by atoms with E-state index < -0.39 is 0 Å². The van der Waals surface area contributed by atoms with Gasteiger partial charge in [0.1, 0.15) is 12.2 Å². The van der Waals surface area contributed by atoms with Crippen molar-refractivity contribution in [2.24, 2.45) is 5.92 Å². The summed E-state index contributed by atoms with van der Waals surface area (Å²) in [4.78, 5) is 20.4. The standard InChI is InChI=1S/C14H18N4OS/c1-9-3-4-11-10(5-9)6-12(20-11)14(19)18(2)7-13-15-8-16-17-13/h6,8-9H,3-5,7H2,1-2H3,(H,15,16,17). The fourth-order valence-corrected chi connectivity index (χ4v) is 3.81. The average molecular weight is 290 g/mol. The van der Waals surface area contributed by atoms with Crippen LogP contribution in [0.15, 0.2) is 12.4 Å². The van der Waals surface area contributed by atoms with Crippen molar-refractivity contribution in [1.82, 2.24) is 20.1 Å². The lowest BCUT2D eigenvalue weighted by molar-refractivity contribution is 0.0786. The Morgan fingerprint density at radius 1 is 1.60 bits per heavy atom. The molecule has 0 aliphatic heterocycles. The van der Waals surface area contributed by atoms with Gasteiger partial charge < -0.3 is 4.90 Å². The van der Waals surface area contributed by atoms with Crippen LogP contribution in [-0.2, 0) is 19.4 Å². The summed E-state index contributed by atoms with van der Waals surface area (Å²) in [6.07, 6.45) is 4.90. The summed E-state index contributed by atoms with van der Waals surface area (Å²) in [6, 6.07) is 2.08. The minimum absolute atomic E-state index is 0.0634. The normalized spacial score (nSPS) is 17.8. The number of H-pyrrole nitrogens is 1. The third-order valence-electron chi connectivity index (χ3n) is 3.74. The summed E-state index contributed by atoms with van der Waals surface area (Å²) in [5.74, 6) is 1.50. The maximum Gasteiger partial charge on any atom is 0.264 e. The molecule has 1 aliphatic rings. The van der Waals surface area contributed by atoms with Crippen LogP contribution in [-0.4, -0.2) is 33.0 Å². The van der Waals surface area contributed by atoms with Crippen molar-refractivity contribution in [3.63, 3.8) is 0 Å². The van der Waals surface area contributed by atoms with Crippen LogP contribution in [0, 0.1) is 5.92 Å². The highest BCUT2D eigenvalue weighted by molar-refractivity contribution is 7.14. The number of hydrogen-bond donors (Lipinski definition) is 1. The van der Waals surface area contributed by atoms with E-state index in [9.17, 15) is 4.79 Å². The fourth-order valence-electron chi connectivity index (χ4n) is 2.60. The molecule has 1 atom stereocenters. The highest BCUT2D eigenvalue weighted by Crippen LogP contribution is 2.32. The number of aryl methyl sites for hydroxylation is 1. The molecule has 1 amide bonds. The first kappa shape index (κ1) is 13.3. The fraction of sp³-hybridized carbons (Fsp3) is 0.500. The molecule has 1 N–H and O–H groups in total. The molecule has 0 fully saturated rings. The molecule has 3 rings (SSSR count). The van der Waals surface area contributed by atoms with Crippen molar-refractivity contribution in [2.75, 3.05) is 7.05 Å². The number of nitrogens with zero attached hydrogens (tertiary/aromatic N) is 3. The number of rotatable bonds is 3. The largest absolute Gasteiger partial charge is 0.333 e. The van der Waals surface area contributed by atoms with Crippen LogP contribution in [0.5, 0.6) is 0 Å². The van der Waals surface area contributed by atoms with Crippen LogP contribution < -0.4 is 0 Å². The van der Waals surface area contributed by atoms with Gasteiger partial charge in [-0.05, 0) is 36.8 Å². The molecule has 6 heteroatoms. The molecular weight excluding hydrogens is 272 g/mol. The molecule has 0 bridgehead atoms. The Hall–Kier alpha value is -1.69. The molecule has 5 nitrogen and oxygen atoms in total. The van der Waals surface area contributed by atoms with Gasteiger partial charge >= 0.3 is 0 Å². The number of carbonyl (C=O) groups is 1. The van der Waals surface area contributed by atoms with Gasteiger partial charge in [-0.1, -0.05) is 6.92 Å². The quantitative estimate of drug-likeness (QED) is 0.943. The van der Waals surface area contributed by atoms with E-state index in [1.54, 1.807) is 23.3 Å². The van der Waals surface area contributed by atoms with Crippen LogP contribution in [0.2, 0.25) is 0 Å². The third kappa shape index (κ3) is 2.60. The molecule has 1 aliphatic carbocycles. The number of fused-ring (bicyclic) bond motifs is 1. The van der Waals surface area contributed by atoms with Gasteiger partial charge in [-0.2, -0.15) is 5.10 Å². The van der Waals surface area contributed by atoms with Gasteiger partial charge in [-0.15, -0.1) is 11.3 Å². The summed E-state index contributed by atoms with van der Waals surface area (Å²) in [6.45, 7) is 2.73. The van der Waals surface area contributed by atoms with Crippen molar-refractivity contribution in [2.45, 2.75) is 32.7 Å². The first-order chi connectivity index (χ1) is 9.63. The number of aromatic nitrogens is 3. The predicted molar refractivity (Wildman–Crippen MR) is 77.7 cm³/mol. The maximum atomic E-state index is 12.4. The van der Waals surface area contributed by atoms with Crippen molar-refractivity contribution >= 4 is 17.2 Å². The Morgan fingerprint density at radius 2 is 2.45 bits per heavy atom. The van der Waals surface area contributed by atoms with Gasteiger partial charge in [0.15, 0.2) is 0 Å². The summed E-state index contributed by atoms with van der Waals surface area (Å²) >= 11 is 1.65. The number of thiophene rings is 1. The molecule has 2 aromatic rings. The summed E-state index contributed by atoms with van der Waals surface area (Å²) in [5, 5.41) is 6.57. The zero-order valence-corrected chi connectivity index (χ0v) is 12.5. The highest BCUT2D eigenvalue weighted by atomic mass is 32.1. The van der Waals surface area contributed by atoms with E-state index in [-0.39, 0.29) is 5.91 Å². The monoisotopic (exact) mass is 290 g/mol.